The maximum Gasteiger partial charge on any atom is 0.234 e. The Morgan fingerprint density at radius 2 is 1.76 bits per heavy atom. The zero-order chi connectivity index (χ0) is 18.1. The van der Waals surface area contributed by atoms with Gasteiger partial charge in [-0.3, -0.25) is 14.6 Å². The fraction of sp³-hybridized carbons (Fsp3) is 0.588. The Morgan fingerprint density at radius 1 is 1.12 bits per heavy atom. The van der Waals surface area contributed by atoms with E-state index in [-0.39, 0.29) is 5.91 Å². The Balaban J connectivity index is 1.63. The standard InChI is InChI=1S/C17H25Cl2N3O3/c1-24-11-5-20-16(23)13-22-8-6-21(7-9-22)10-12-25-17-14(18)3-2-4-15(17)19/h2-4H,5-13H2,1H3,(H,20,23). The van der Waals surface area contributed by atoms with Crippen molar-refractivity contribution in [2.45, 2.75) is 0 Å². The summed E-state index contributed by atoms with van der Waals surface area (Å²) in [5.41, 5.74) is 0. The van der Waals surface area contributed by atoms with Gasteiger partial charge < -0.3 is 14.8 Å². The first-order valence-corrected chi connectivity index (χ1v) is 9.13. The quantitative estimate of drug-likeness (QED) is 0.652. The second-order valence-electron chi connectivity index (χ2n) is 5.86. The predicted molar refractivity (Wildman–Crippen MR) is 99.7 cm³/mol. The molecule has 0 bridgehead atoms. The predicted octanol–water partition coefficient (Wildman–Crippen LogP) is 1.75. The number of halogens is 2. The molecule has 1 heterocycles. The Labute approximate surface area is 159 Å². The molecule has 1 amide bonds. The van der Waals surface area contributed by atoms with Gasteiger partial charge in [0.15, 0.2) is 5.75 Å². The van der Waals surface area contributed by atoms with Crippen LogP contribution in [0.15, 0.2) is 18.2 Å². The molecule has 0 radical (unpaired) electrons. The Kier molecular flexibility index (Phi) is 8.78. The summed E-state index contributed by atoms with van der Waals surface area (Å²) in [7, 11) is 1.62. The molecule has 0 aromatic heterocycles. The molecule has 140 valence electrons. The minimum absolute atomic E-state index is 0.0437. The van der Waals surface area contributed by atoms with Gasteiger partial charge in [-0.05, 0) is 12.1 Å². The molecule has 1 N–H and O–H groups in total. The molecule has 1 aromatic carbocycles. The Morgan fingerprint density at radius 3 is 2.40 bits per heavy atom. The van der Waals surface area contributed by atoms with Crippen molar-refractivity contribution in [1.29, 1.82) is 0 Å². The van der Waals surface area contributed by atoms with Crippen LogP contribution < -0.4 is 10.1 Å². The van der Waals surface area contributed by atoms with Crippen LogP contribution in [0.4, 0.5) is 0 Å². The van der Waals surface area contributed by atoms with Gasteiger partial charge in [0.05, 0.1) is 23.2 Å². The molecule has 2 rings (SSSR count). The van der Waals surface area contributed by atoms with Crippen LogP contribution in [0.1, 0.15) is 0 Å². The molecule has 0 unspecified atom stereocenters. The summed E-state index contributed by atoms with van der Waals surface area (Å²) < 4.78 is 10.6. The van der Waals surface area contributed by atoms with Crippen LogP contribution in [-0.4, -0.2) is 81.8 Å². The van der Waals surface area contributed by atoms with Gasteiger partial charge in [0, 0.05) is 46.4 Å². The molecular weight excluding hydrogens is 365 g/mol. The van der Waals surface area contributed by atoms with Crippen molar-refractivity contribution in [2.24, 2.45) is 0 Å². The second kappa shape index (κ2) is 10.8. The highest BCUT2D eigenvalue weighted by molar-refractivity contribution is 6.37. The molecule has 0 aliphatic carbocycles. The van der Waals surface area contributed by atoms with Crippen LogP contribution in [0.2, 0.25) is 10.0 Å². The van der Waals surface area contributed by atoms with E-state index in [4.69, 9.17) is 32.7 Å². The zero-order valence-corrected chi connectivity index (χ0v) is 16.0. The van der Waals surface area contributed by atoms with Crippen LogP contribution in [-0.2, 0) is 9.53 Å². The van der Waals surface area contributed by atoms with Crippen molar-refractivity contribution < 1.29 is 14.3 Å². The molecule has 0 spiro atoms. The fourth-order valence-electron chi connectivity index (χ4n) is 2.62. The normalized spacial score (nSPS) is 16.0. The number of amides is 1. The van der Waals surface area contributed by atoms with E-state index in [1.165, 1.54) is 0 Å². The third kappa shape index (κ3) is 6.99. The maximum atomic E-state index is 11.8. The molecule has 8 heteroatoms. The SMILES string of the molecule is COCCNC(=O)CN1CCN(CCOc2c(Cl)cccc2Cl)CC1. The molecule has 1 aliphatic rings. The number of ether oxygens (including phenoxy) is 2. The van der Waals surface area contributed by atoms with E-state index in [2.05, 4.69) is 15.1 Å². The summed E-state index contributed by atoms with van der Waals surface area (Å²) in [4.78, 5) is 16.3. The first-order chi connectivity index (χ1) is 12.1. The summed E-state index contributed by atoms with van der Waals surface area (Å²) >= 11 is 12.2. The lowest BCUT2D eigenvalue weighted by atomic mass is 10.3. The highest BCUT2D eigenvalue weighted by atomic mass is 35.5. The highest BCUT2D eigenvalue weighted by Gasteiger charge is 2.19. The van der Waals surface area contributed by atoms with Gasteiger partial charge in [0.1, 0.15) is 6.61 Å². The molecule has 1 aliphatic heterocycles. The smallest absolute Gasteiger partial charge is 0.234 e. The molecule has 0 saturated carbocycles. The number of nitrogens with one attached hydrogen (secondary N) is 1. The van der Waals surface area contributed by atoms with Gasteiger partial charge in [-0.1, -0.05) is 29.3 Å². The van der Waals surface area contributed by atoms with Gasteiger partial charge >= 0.3 is 0 Å². The number of para-hydroxylation sites is 1. The number of benzene rings is 1. The largest absolute Gasteiger partial charge is 0.489 e. The van der Waals surface area contributed by atoms with Gasteiger partial charge in [0.2, 0.25) is 5.91 Å². The summed E-state index contributed by atoms with van der Waals surface area (Å²) in [6, 6.07) is 5.32. The van der Waals surface area contributed by atoms with Crippen LogP contribution in [0.3, 0.4) is 0 Å². The van der Waals surface area contributed by atoms with Gasteiger partial charge in [-0.25, -0.2) is 0 Å². The Bertz CT molecular complexity index is 532. The van der Waals surface area contributed by atoms with E-state index in [0.29, 0.717) is 42.1 Å². The molecule has 1 fully saturated rings. The topological polar surface area (TPSA) is 54.0 Å². The number of rotatable bonds is 9. The van der Waals surface area contributed by atoms with E-state index < -0.39 is 0 Å². The van der Waals surface area contributed by atoms with Gasteiger partial charge in [-0.2, -0.15) is 0 Å². The number of hydrogen-bond acceptors (Lipinski definition) is 5. The zero-order valence-electron chi connectivity index (χ0n) is 14.5. The average molecular weight is 390 g/mol. The summed E-state index contributed by atoms with van der Waals surface area (Å²) in [5.74, 6) is 0.583. The third-order valence-corrected chi connectivity index (χ3v) is 4.63. The highest BCUT2D eigenvalue weighted by Crippen LogP contribution is 2.32. The molecule has 1 saturated heterocycles. The first-order valence-electron chi connectivity index (χ1n) is 8.37. The number of piperazine rings is 1. The average Bonchev–Trinajstić information content (AvgIpc) is 2.59. The van der Waals surface area contributed by atoms with E-state index in [9.17, 15) is 4.79 Å². The minimum Gasteiger partial charge on any atom is -0.489 e. The van der Waals surface area contributed by atoms with Gasteiger partial charge in [0.25, 0.3) is 0 Å². The number of carbonyl (C=O) groups excluding carboxylic acids is 1. The first kappa shape index (κ1) is 20.3. The molecule has 1 aromatic rings. The lowest BCUT2D eigenvalue weighted by Crippen LogP contribution is -2.50. The van der Waals surface area contributed by atoms with Crippen molar-refractivity contribution in [2.75, 3.05) is 66.1 Å². The van der Waals surface area contributed by atoms with Crippen molar-refractivity contribution >= 4 is 29.1 Å². The number of hydrogen-bond donors (Lipinski definition) is 1. The van der Waals surface area contributed by atoms with E-state index in [0.717, 1.165) is 32.7 Å². The summed E-state index contributed by atoms with van der Waals surface area (Å²) in [5, 5.41) is 3.89. The summed E-state index contributed by atoms with van der Waals surface area (Å²) in [6.07, 6.45) is 0. The van der Waals surface area contributed by atoms with Crippen molar-refractivity contribution in [3.05, 3.63) is 28.2 Å². The molecule has 0 atom stereocenters. The van der Waals surface area contributed by atoms with Crippen LogP contribution in [0, 0.1) is 0 Å². The molecule has 6 nitrogen and oxygen atoms in total. The Hall–Kier alpha value is -1.05. The van der Waals surface area contributed by atoms with Crippen molar-refractivity contribution in [3.63, 3.8) is 0 Å². The number of nitrogens with zero attached hydrogens (tertiary/aromatic N) is 2. The molecular formula is C17H25Cl2N3O3. The van der Waals surface area contributed by atoms with Crippen molar-refractivity contribution in [1.82, 2.24) is 15.1 Å². The van der Waals surface area contributed by atoms with Crippen LogP contribution in [0.5, 0.6) is 5.75 Å². The number of carbonyl (C=O) groups is 1. The molecule has 25 heavy (non-hydrogen) atoms. The van der Waals surface area contributed by atoms with Gasteiger partial charge in [-0.15, -0.1) is 0 Å². The lowest BCUT2D eigenvalue weighted by Gasteiger charge is -2.34. The van der Waals surface area contributed by atoms with Crippen LogP contribution in [0.25, 0.3) is 0 Å². The monoisotopic (exact) mass is 389 g/mol. The van der Waals surface area contributed by atoms with Crippen LogP contribution >= 0.6 is 23.2 Å². The number of methoxy groups -OCH3 is 1. The maximum absolute atomic E-state index is 11.8. The third-order valence-electron chi connectivity index (χ3n) is 4.03. The van der Waals surface area contributed by atoms with E-state index in [1.807, 2.05) is 0 Å². The van der Waals surface area contributed by atoms with E-state index in [1.54, 1.807) is 25.3 Å². The van der Waals surface area contributed by atoms with E-state index >= 15 is 0 Å². The lowest BCUT2D eigenvalue weighted by molar-refractivity contribution is -0.122. The van der Waals surface area contributed by atoms with Crippen molar-refractivity contribution in [3.8, 4) is 5.75 Å². The second-order valence-corrected chi connectivity index (χ2v) is 6.67. The summed E-state index contributed by atoms with van der Waals surface area (Å²) in [6.45, 7) is 6.40. The minimum atomic E-state index is 0.0437. The fourth-order valence-corrected chi connectivity index (χ4v) is 3.13.